The SMILES string of the molecule is CN=C(NCc1ccnc(OC)c1)NCc1cc2c(cc1OC(F)F)OCO2. The van der Waals surface area contributed by atoms with Crippen LogP contribution in [-0.4, -0.2) is 38.5 Å². The van der Waals surface area contributed by atoms with E-state index in [0.717, 1.165) is 5.56 Å². The van der Waals surface area contributed by atoms with Crippen molar-refractivity contribution in [3.8, 4) is 23.1 Å². The first-order valence-electron chi connectivity index (χ1n) is 8.40. The van der Waals surface area contributed by atoms with Crippen LogP contribution in [0.2, 0.25) is 0 Å². The molecule has 28 heavy (non-hydrogen) atoms. The van der Waals surface area contributed by atoms with Gasteiger partial charge in [0.1, 0.15) is 5.75 Å². The Balaban J connectivity index is 1.64. The highest BCUT2D eigenvalue weighted by Crippen LogP contribution is 2.38. The van der Waals surface area contributed by atoms with Crippen molar-refractivity contribution in [1.82, 2.24) is 15.6 Å². The maximum atomic E-state index is 12.7. The average Bonchev–Trinajstić information content (AvgIpc) is 3.15. The summed E-state index contributed by atoms with van der Waals surface area (Å²) in [6, 6.07) is 6.64. The van der Waals surface area contributed by atoms with Crippen molar-refractivity contribution in [2.45, 2.75) is 19.7 Å². The van der Waals surface area contributed by atoms with Crippen LogP contribution >= 0.6 is 0 Å². The highest BCUT2D eigenvalue weighted by atomic mass is 19.3. The van der Waals surface area contributed by atoms with Crippen LogP contribution in [0.25, 0.3) is 0 Å². The summed E-state index contributed by atoms with van der Waals surface area (Å²) in [5.74, 6) is 1.85. The number of halogens is 2. The molecule has 150 valence electrons. The van der Waals surface area contributed by atoms with Crippen molar-refractivity contribution in [1.29, 1.82) is 0 Å². The van der Waals surface area contributed by atoms with E-state index in [1.165, 1.54) is 6.07 Å². The molecule has 0 fully saturated rings. The van der Waals surface area contributed by atoms with Crippen molar-refractivity contribution >= 4 is 5.96 Å². The summed E-state index contributed by atoms with van der Waals surface area (Å²) in [7, 11) is 3.16. The van der Waals surface area contributed by atoms with Gasteiger partial charge in [0.2, 0.25) is 12.7 Å². The highest BCUT2D eigenvalue weighted by molar-refractivity contribution is 5.79. The number of hydrogen-bond donors (Lipinski definition) is 2. The first-order valence-corrected chi connectivity index (χ1v) is 8.40. The number of guanidine groups is 1. The minimum absolute atomic E-state index is 0.0149. The van der Waals surface area contributed by atoms with Gasteiger partial charge in [0.05, 0.1) is 7.11 Å². The molecule has 2 aromatic rings. The van der Waals surface area contributed by atoms with Crippen LogP contribution in [0, 0.1) is 0 Å². The fourth-order valence-corrected chi connectivity index (χ4v) is 2.57. The Morgan fingerprint density at radius 1 is 1.21 bits per heavy atom. The van der Waals surface area contributed by atoms with Crippen LogP contribution in [0.3, 0.4) is 0 Å². The van der Waals surface area contributed by atoms with E-state index in [-0.39, 0.29) is 19.1 Å². The molecule has 0 aliphatic carbocycles. The molecular weight excluding hydrogens is 374 g/mol. The number of fused-ring (bicyclic) bond motifs is 1. The second-order valence-electron chi connectivity index (χ2n) is 5.68. The van der Waals surface area contributed by atoms with Gasteiger partial charge in [-0.25, -0.2) is 4.98 Å². The molecule has 3 rings (SSSR count). The molecule has 0 unspecified atom stereocenters. The highest BCUT2D eigenvalue weighted by Gasteiger charge is 2.20. The molecule has 0 saturated heterocycles. The molecule has 1 aromatic carbocycles. The lowest BCUT2D eigenvalue weighted by Crippen LogP contribution is -2.36. The fourth-order valence-electron chi connectivity index (χ4n) is 2.57. The Morgan fingerprint density at radius 2 is 1.96 bits per heavy atom. The van der Waals surface area contributed by atoms with Crippen molar-refractivity contribution in [3.05, 3.63) is 41.6 Å². The molecule has 0 radical (unpaired) electrons. The van der Waals surface area contributed by atoms with E-state index in [4.69, 9.17) is 14.2 Å². The molecule has 0 atom stereocenters. The van der Waals surface area contributed by atoms with Crippen LogP contribution in [0.1, 0.15) is 11.1 Å². The van der Waals surface area contributed by atoms with Crippen LogP contribution in [0.15, 0.2) is 35.5 Å². The molecule has 0 saturated carbocycles. The number of rotatable bonds is 7. The van der Waals surface area contributed by atoms with Crippen molar-refractivity contribution < 1.29 is 27.7 Å². The maximum Gasteiger partial charge on any atom is 0.387 e. The predicted octanol–water partition coefficient (Wildman–Crippen LogP) is 2.29. The van der Waals surface area contributed by atoms with Gasteiger partial charge in [0, 0.05) is 44.0 Å². The fraction of sp³-hybridized carbons (Fsp3) is 0.333. The third-order valence-corrected chi connectivity index (χ3v) is 3.91. The first-order chi connectivity index (χ1) is 13.6. The second-order valence-corrected chi connectivity index (χ2v) is 5.68. The maximum absolute atomic E-state index is 12.7. The number of pyridine rings is 1. The molecule has 10 heteroatoms. The Hall–Kier alpha value is -3.30. The monoisotopic (exact) mass is 394 g/mol. The zero-order valence-corrected chi connectivity index (χ0v) is 15.4. The Kier molecular flexibility index (Phi) is 6.30. The van der Waals surface area contributed by atoms with Crippen molar-refractivity contribution in [2.24, 2.45) is 4.99 Å². The topological polar surface area (TPSA) is 86.2 Å². The molecule has 0 spiro atoms. The van der Waals surface area contributed by atoms with Gasteiger partial charge >= 0.3 is 6.61 Å². The smallest absolute Gasteiger partial charge is 0.387 e. The Bertz CT molecular complexity index is 848. The summed E-state index contributed by atoms with van der Waals surface area (Å²) in [5, 5.41) is 6.19. The van der Waals surface area contributed by atoms with Gasteiger partial charge in [0.25, 0.3) is 0 Å². The number of aromatic nitrogens is 1. The number of ether oxygens (including phenoxy) is 4. The predicted molar refractivity (Wildman–Crippen MR) is 97.0 cm³/mol. The summed E-state index contributed by atoms with van der Waals surface area (Å²) in [4.78, 5) is 8.18. The molecular formula is C18H20F2N4O4. The Morgan fingerprint density at radius 3 is 2.68 bits per heavy atom. The molecule has 0 bridgehead atoms. The van der Waals surface area contributed by atoms with E-state index in [1.807, 2.05) is 6.07 Å². The molecule has 2 N–H and O–H groups in total. The van der Waals surface area contributed by atoms with Gasteiger partial charge in [-0.2, -0.15) is 8.78 Å². The number of aliphatic imine (C=N–C) groups is 1. The standard InChI is InChI=1S/C18H20F2N4O4/c1-21-18(23-8-11-3-4-22-16(5-11)25-2)24-9-12-6-14-15(27-10-26-14)7-13(12)28-17(19)20/h3-7,17H,8-10H2,1-2H3,(H2,21,23,24). The number of nitrogens with zero attached hydrogens (tertiary/aromatic N) is 2. The zero-order chi connectivity index (χ0) is 19.9. The first kappa shape index (κ1) is 19.5. The summed E-state index contributed by atoms with van der Waals surface area (Å²) < 4.78 is 45.6. The second kappa shape index (κ2) is 9.07. The number of hydrogen-bond acceptors (Lipinski definition) is 6. The van der Waals surface area contributed by atoms with E-state index in [9.17, 15) is 8.78 Å². The summed E-state index contributed by atoms with van der Waals surface area (Å²) in [6.07, 6.45) is 1.65. The van der Waals surface area contributed by atoms with Gasteiger partial charge in [-0.1, -0.05) is 0 Å². The number of benzene rings is 1. The third-order valence-electron chi connectivity index (χ3n) is 3.91. The van der Waals surface area contributed by atoms with Crippen molar-refractivity contribution in [2.75, 3.05) is 21.0 Å². The van der Waals surface area contributed by atoms with Gasteiger partial charge in [-0.15, -0.1) is 0 Å². The average molecular weight is 394 g/mol. The summed E-state index contributed by atoms with van der Waals surface area (Å²) >= 11 is 0. The quantitative estimate of drug-likeness (QED) is 0.550. The van der Waals surface area contributed by atoms with Crippen LogP contribution < -0.4 is 29.6 Å². The van der Waals surface area contributed by atoms with Gasteiger partial charge in [0.15, 0.2) is 17.5 Å². The molecule has 1 aromatic heterocycles. The van der Waals surface area contributed by atoms with Crippen LogP contribution in [0.4, 0.5) is 8.78 Å². The van der Waals surface area contributed by atoms with E-state index in [1.54, 1.807) is 32.5 Å². The van der Waals surface area contributed by atoms with Gasteiger partial charge in [-0.05, 0) is 17.7 Å². The molecule has 0 amide bonds. The van der Waals surface area contributed by atoms with E-state index >= 15 is 0 Å². The van der Waals surface area contributed by atoms with Crippen LogP contribution in [0.5, 0.6) is 23.1 Å². The lowest BCUT2D eigenvalue weighted by molar-refractivity contribution is -0.0505. The lowest BCUT2D eigenvalue weighted by atomic mass is 10.1. The van der Waals surface area contributed by atoms with E-state index in [0.29, 0.717) is 35.4 Å². The molecule has 8 nitrogen and oxygen atoms in total. The number of methoxy groups -OCH3 is 1. The summed E-state index contributed by atoms with van der Waals surface area (Å²) in [6.45, 7) is -2.24. The van der Waals surface area contributed by atoms with Crippen LogP contribution in [-0.2, 0) is 13.1 Å². The largest absolute Gasteiger partial charge is 0.481 e. The Labute approximate surface area is 160 Å². The molecule has 1 aliphatic heterocycles. The molecule has 1 aliphatic rings. The van der Waals surface area contributed by atoms with Gasteiger partial charge < -0.3 is 29.6 Å². The number of alkyl halides is 2. The number of nitrogens with one attached hydrogen (secondary N) is 2. The van der Waals surface area contributed by atoms with E-state index in [2.05, 4.69) is 25.3 Å². The molecule has 2 heterocycles. The minimum atomic E-state index is -2.95. The zero-order valence-electron chi connectivity index (χ0n) is 15.4. The lowest BCUT2D eigenvalue weighted by Gasteiger charge is -2.15. The van der Waals surface area contributed by atoms with Gasteiger partial charge in [-0.3, -0.25) is 4.99 Å². The van der Waals surface area contributed by atoms with Crippen molar-refractivity contribution in [3.63, 3.8) is 0 Å². The normalized spacial score (nSPS) is 12.8. The minimum Gasteiger partial charge on any atom is -0.481 e. The van der Waals surface area contributed by atoms with E-state index < -0.39 is 6.61 Å². The summed E-state index contributed by atoms with van der Waals surface area (Å²) in [5.41, 5.74) is 1.43. The third kappa shape index (κ3) is 4.90.